The summed E-state index contributed by atoms with van der Waals surface area (Å²) in [5.41, 5.74) is 0. The fourth-order valence-electron chi connectivity index (χ4n) is 2.70. The van der Waals surface area contributed by atoms with Crippen LogP contribution in [-0.4, -0.2) is 24.4 Å². The van der Waals surface area contributed by atoms with E-state index in [0.29, 0.717) is 24.0 Å². The molecular weight excluding hydrogens is 356 g/mol. The van der Waals surface area contributed by atoms with E-state index in [1.807, 2.05) is 26.0 Å². The predicted molar refractivity (Wildman–Crippen MR) is 109 cm³/mol. The lowest BCUT2D eigenvalue weighted by Crippen LogP contribution is -2.43. The molecule has 0 aliphatic heterocycles. The molecule has 0 saturated carbocycles. The molecule has 0 bridgehead atoms. The average molecular weight is 384 g/mol. The molecule has 0 spiro atoms. The molecule has 2 rings (SSSR count). The molecule has 28 heavy (non-hydrogen) atoms. The van der Waals surface area contributed by atoms with E-state index in [4.69, 9.17) is 8.83 Å². The van der Waals surface area contributed by atoms with Gasteiger partial charge in [0.1, 0.15) is 23.0 Å². The molecule has 150 valence electrons. The molecule has 2 heterocycles. The van der Waals surface area contributed by atoms with Crippen LogP contribution in [0.15, 0.2) is 45.3 Å². The summed E-state index contributed by atoms with van der Waals surface area (Å²) < 4.78 is 10.8. The minimum Gasteiger partial charge on any atom is -0.462 e. The first-order valence-corrected chi connectivity index (χ1v) is 9.39. The lowest BCUT2D eigenvalue weighted by molar-refractivity contribution is -0.119. The second-order valence-corrected chi connectivity index (χ2v) is 7.14. The zero-order valence-electron chi connectivity index (χ0n) is 16.8. The third kappa shape index (κ3) is 7.70. The van der Waals surface area contributed by atoms with Crippen molar-refractivity contribution in [2.75, 3.05) is 6.54 Å². The molecule has 2 aromatic heterocycles. The van der Waals surface area contributed by atoms with Crippen LogP contribution in [0.3, 0.4) is 0 Å². The van der Waals surface area contributed by atoms with Gasteiger partial charge in [0, 0.05) is 24.7 Å². The summed E-state index contributed by atoms with van der Waals surface area (Å²) in [6, 6.07) is 7.11. The summed E-state index contributed by atoms with van der Waals surface area (Å²) in [6.45, 7) is 8.18. The minimum absolute atomic E-state index is 0.168. The highest BCUT2D eigenvalue weighted by atomic mass is 16.3. The Labute approximate surface area is 165 Å². The molecule has 0 radical (unpaired) electrons. The van der Waals surface area contributed by atoms with Gasteiger partial charge < -0.3 is 19.5 Å². The van der Waals surface area contributed by atoms with Crippen LogP contribution in [0.25, 0.3) is 12.2 Å². The molecular formula is C22H28N2O4. The van der Waals surface area contributed by atoms with Gasteiger partial charge in [-0.1, -0.05) is 13.8 Å². The van der Waals surface area contributed by atoms with Gasteiger partial charge in [-0.3, -0.25) is 9.59 Å². The average Bonchev–Trinajstić information content (AvgIpc) is 3.23. The van der Waals surface area contributed by atoms with Gasteiger partial charge in [-0.25, -0.2) is 0 Å². The van der Waals surface area contributed by atoms with E-state index in [1.165, 1.54) is 12.2 Å². The Hall–Kier alpha value is -3.02. The van der Waals surface area contributed by atoms with Crippen LogP contribution >= 0.6 is 0 Å². The summed E-state index contributed by atoms with van der Waals surface area (Å²) in [5.74, 6) is 2.74. The molecule has 6 nitrogen and oxygen atoms in total. The van der Waals surface area contributed by atoms with Crippen molar-refractivity contribution in [3.63, 3.8) is 0 Å². The SMILES string of the molecule is Cc1ccc(C=CC(=O)NCC(CC(C)C)NC(=O)C=Cc2ccc(C)o2)o1. The Morgan fingerprint density at radius 1 is 0.929 bits per heavy atom. The van der Waals surface area contributed by atoms with E-state index in [9.17, 15) is 9.59 Å². The first-order valence-electron chi connectivity index (χ1n) is 9.39. The van der Waals surface area contributed by atoms with Gasteiger partial charge in [0.15, 0.2) is 0 Å². The number of hydrogen-bond acceptors (Lipinski definition) is 4. The number of aryl methyl sites for hydroxylation is 2. The van der Waals surface area contributed by atoms with E-state index < -0.39 is 0 Å². The van der Waals surface area contributed by atoms with Gasteiger partial charge in [0.05, 0.1) is 0 Å². The van der Waals surface area contributed by atoms with E-state index in [-0.39, 0.29) is 17.9 Å². The van der Waals surface area contributed by atoms with Crippen molar-refractivity contribution in [1.29, 1.82) is 0 Å². The quantitative estimate of drug-likeness (QED) is 0.643. The highest BCUT2D eigenvalue weighted by Crippen LogP contribution is 2.09. The number of nitrogens with one attached hydrogen (secondary N) is 2. The topological polar surface area (TPSA) is 84.5 Å². The number of amides is 2. The zero-order valence-corrected chi connectivity index (χ0v) is 16.8. The molecule has 0 aromatic carbocycles. The molecule has 6 heteroatoms. The van der Waals surface area contributed by atoms with Gasteiger partial charge in [-0.2, -0.15) is 0 Å². The molecule has 2 N–H and O–H groups in total. The summed E-state index contributed by atoms with van der Waals surface area (Å²) in [7, 11) is 0. The maximum atomic E-state index is 12.2. The van der Waals surface area contributed by atoms with E-state index in [0.717, 1.165) is 17.9 Å². The van der Waals surface area contributed by atoms with Crippen molar-refractivity contribution in [1.82, 2.24) is 10.6 Å². The first-order chi connectivity index (χ1) is 13.3. The smallest absolute Gasteiger partial charge is 0.244 e. The second-order valence-electron chi connectivity index (χ2n) is 7.14. The summed E-state index contributed by atoms with van der Waals surface area (Å²) in [4.78, 5) is 24.2. The highest BCUT2D eigenvalue weighted by molar-refractivity contribution is 5.92. The van der Waals surface area contributed by atoms with Gasteiger partial charge in [-0.05, 0) is 62.6 Å². The number of carbonyl (C=O) groups excluding carboxylic acids is 2. The fourth-order valence-corrected chi connectivity index (χ4v) is 2.70. The minimum atomic E-state index is -0.237. The van der Waals surface area contributed by atoms with Crippen LogP contribution in [0, 0.1) is 19.8 Å². The maximum Gasteiger partial charge on any atom is 0.244 e. The van der Waals surface area contributed by atoms with E-state index in [2.05, 4.69) is 24.5 Å². The summed E-state index contributed by atoms with van der Waals surface area (Å²) in [6.07, 6.45) is 6.85. The number of furan rings is 2. The molecule has 0 saturated heterocycles. The normalized spacial score (nSPS) is 12.8. The Balaban J connectivity index is 1.86. The third-order valence-corrected chi connectivity index (χ3v) is 3.95. The lowest BCUT2D eigenvalue weighted by atomic mass is 10.0. The van der Waals surface area contributed by atoms with Gasteiger partial charge in [0.2, 0.25) is 11.8 Å². The first kappa shape index (κ1) is 21.3. The summed E-state index contributed by atoms with van der Waals surface area (Å²) >= 11 is 0. The third-order valence-electron chi connectivity index (χ3n) is 3.95. The number of hydrogen-bond donors (Lipinski definition) is 2. The van der Waals surface area contributed by atoms with Crippen molar-refractivity contribution in [2.24, 2.45) is 5.92 Å². The second kappa shape index (κ2) is 10.3. The fraction of sp³-hybridized carbons (Fsp3) is 0.364. The predicted octanol–water partition coefficient (Wildman–Crippen LogP) is 3.86. The van der Waals surface area contributed by atoms with Crippen molar-refractivity contribution in [3.8, 4) is 0 Å². The largest absolute Gasteiger partial charge is 0.462 e. The Bertz CT molecular complexity index is 842. The van der Waals surface area contributed by atoms with Gasteiger partial charge in [0.25, 0.3) is 0 Å². The van der Waals surface area contributed by atoms with Gasteiger partial charge >= 0.3 is 0 Å². The van der Waals surface area contributed by atoms with E-state index >= 15 is 0 Å². The molecule has 1 atom stereocenters. The Kier molecular flexibility index (Phi) is 7.87. The van der Waals surface area contributed by atoms with Crippen LogP contribution in [0.5, 0.6) is 0 Å². The standard InChI is InChI=1S/C22H28N2O4/c1-15(2)13-18(24-22(26)12-10-20-8-6-17(4)28-20)14-23-21(25)11-9-19-7-5-16(3)27-19/h5-12,15,18H,13-14H2,1-4H3,(H,23,25)(H,24,26). The molecule has 0 aliphatic carbocycles. The van der Waals surface area contributed by atoms with Crippen LogP contribution < -0.4 is 10.6 Å². The molecule has 2 amide bonds. The van der Waals surface area contributed by atoms with Gasteiger partial charge in [-0.15, -0.1) is 0 Å². The highest BCUT2D eigenvalue weighted by Gasteiger charge is 2.13. The molecule has 1 unspecified atom stereocenters. The van der Waals surface area contributed by atoms with Crippen molar-refractivity contribution >= 4 is 24.0 Å². The van der Waals surface area contributed by atoms with Crippen molar-refractivity contribution in [2.45, 2.75) is 40.2 Å². The zero-order chi connectivity index (χ0) is 20.5. The number of rotatable bonds is 9. The van der Waals surface area contributed by atoms with Crippen LogP contribution in [0.4, 0.5) is 0 Å². The van der Waals surface area contributed by atoms with Crippen LogP contribution in [-0.2, 0) is 9.59 Å². The van der Waals surface area contributed by atoms with Crippen LogP contribution in [0.2, 0.25) is 0 Å². The lowest BCUT2D eigenvalue weighted by Gasteiger charge is -2.20. The van der Waals surface area contributed by atoms with Crippen LogP contribution in [0.1, 0.15) is 43.3 Å². The number of carbonyl (C=O) groups is 2. The van der Waals surface area contributed by atoms with Crippen molar-refractivity contribution in [3.05, 3.63) is 59.5 Å². The molecule has 0 aliphatic rings. The molecule has 0 fully saturated rings. The maximum absolute atomic E-state index is 12.2. The Morgan fingerprint density at radius 3 is 1.93 bits per heavy atom. The van der Waals surface area contributed by atoms with Crippen molar-refractivity contribution < 1.29 is 18.4 Å². The molecule has 2 aromatic rings. The van der Waals surface area contributed by atoms with E-state index in [1.54, 1.807) is 24.3 Å². The summed E-state index contributed by atoms with van der Waals surface area (Å²) in [5, 5.41) is 5.76. The monoisotopic (exact) mass is 384 g/mol. The Morgan fingerprint density at radius 2 is 1.46 bits per heavy atom.